The number of carbonyl (C=O) groups is 1. The lowest BCUT2D eigenvalue weighted by molar-refractivity contribution is 0.0991. The summed E-state index contributed by atoms with van der Waals surface area (Å²) in [4.78, 5) is 14.8. The lowest BCUT2D eigenvalue weighted by Crippen LogP contribution is -2.36. The molecule has 0 saturated carbocycles. The van der Waals surface area contributed by atoms with Crippen LogP contribution in [-0.2, 0) is 4.74 Å². The molecule has 7 heteroatoms. The van der Waals surface area contributed by atoms with Gasteiger partial charge in [0.15, 0.2) is 0 Å². The Morgan fingerprint density at radius 2 is 1.78 bits per heavy atom. The highest BCUT2D eigenvalue weighted by Crippen LogP contribution is 2.27. The zero-order valence-electron chi connectivity index (χ0n) is 15.0. The number of morpholine rings is 1. The molecule has 4 rings (SSSR count). The Kier molecular flexibility index (Phi) is 4.84. The van der Waals surface area contributed by atoms with E-state index >= 15 is 0 Å². The monoisotopic (exact) mass is 364 g/mol. The molecule has 0 radical (unpaired) electrons. The van der Waals surface area contributed by atoms with Crippen LogP contribution < -0.4 is 10.2 Å². The number of carbonyl (C=O) groups excluding carboxylic acids is 1. The van der Waals surface area contributed by atoms with Gasteiger partial charge in [0.2, 0.25) is 5.89 Å². The summed E-state index contributed by atoms with van der Waals surface area (Å²) >= 11 is 0. The quantitative estimate of drug-likeness (QED) is 0.766. The molecule has 138 valence electrons. The van der Waals surface area contributed by atoms with Crippen LogP contribution in [0.5, 0.6) is 0 Å². The van der Waals surface area contributed by atoms with E-state index in [-0.39, 0.29) is 5.89 Å². The number of rotatable bonds is 4. The Morgan fingerprint density at radius 1 is 1.04 bits per heavy atom. The number of nitrogens with one attached hydrogen (secondary N) is 1. The van der Waals surface area contributed by atoms with Gasteiger partial charge in [0.05, 0.1) is 24.6 Å². The fourth-order valence-electron chi connectivity index (χ4n) is 2.96. The van der Waals surface area contributed by atoms with E-state index in [4.69, 9.17) is 9.15 Å². The van der Waals surface area contributed by atoms with E-state index in [1.807, 2.05) is 55.5 Å². The second-order valence-electron chi connectivity index (χ2n) is 6.35. The molecule has 1 N–H and O–H groups in total. The van der Waals surface area contributed by atoms with Gasteiger partial charge in [0, 0.05) is 18.7 Å². The normalized spacial score (nSPS) is 14.2. The highest BCUT2D eigenvalue weighted by Gasteiger charge is 2.19. The first-order chi connectivity index (χ1) is 13.2. The van der Waals surface area contributed by atoms with Crippen molar-refractivity contribution in [2.75, 3.05) is 36.5 Å². The predicted molar refractivity (Wildman–Crippen MR) is 102 cm³/mol. The molecule has 0 atom stereocenters. The van der Waals surface area contributed by atoms with Crippen molar-refractivity contribution in [3.05, 3.63) is 60.0 Å². The van der Waals surface area contributed by atoms with Crippen molar-refractivity contribution < 1.29 is 13.9 Å². The Balaban J connectivity index is 1.52. The average molecular weight is 364 g/mol. The summed E-state index contributed by atoms with van der Waals surface area (Å²) in [6, 6.07) is 15.4. The number of anilines is 2. The second-order valence-corrected chi connectivity index (χ2v) is 6.35. The molecule has 7 nitrogen and oxygen atoms in total. The summed E-state index contributed by atoms with van der Waals surface area (Å²) in [5.41, 5.74) is 3.57. The van der Waals surface area contributed by atoms with Gasteiger partial charge in [-0.1, -0.05) is 29.8 Å². The van der Waals surface area contributed by atoms with E-state index < -0.39 is 5.91 Å². The molecule has 2 aromatic carbocycles. The van der Waals surface area contributed by atoms with Crippen molar-refractivity contribution in [3.63, 3.8) is 0 Å². The van der Waals surface area contributed by atoms with Crippen LogP contribution in [0.1, 0.15) is 16.2 Å². The maximum absolute atomic E-state index is 12.6. The van der Waals surface area contributed by atoms with Gasteiger partial charge in [0.1, 0.15) is 0 Å². The van der Waals surface area contributed by atoms with Crippen LogP contribution in [0.2, 0.25) is 0 Å². The number of para-hydroxylation sites is 2. The SMILES string of the molecule is Cc1ccc(-c2nnc(C(=O)Nc3ccccc3N3CCOCC3)o2)cc1. The Morgan fingerprint density at radius 3 is 2.56 bits per heavy atom. The summed E-state index contributed by atoms with van der Waals surface area (Å²) in [5, 5.41) is 10.8. The summed E-state index contributed by atoms with van der Waals surface area (Å²) < 4.78 is 11.0. The fourth-order valence-corrected chi connectivity index (χ4v) is 2.96. The van der Waals surface area contributed by atoms with Gasteiger partial charge in [-0.15, -0.1) is 10.2 Å². The molecule has 3 aromatic rings. The number of amides is 1. The standard InChI is InChI=1S/C20H20N4O3/c1-14-6-8-15(9-7-14)19-22-23-20(27-19)18(25)21-16-4-2-3-5-17(16)24-10-12-26-13-11-24/h2-9H,10-13H2,1H3,(H,21,25). The molecule has 27 heavy (non-hydrogen) atoms. The van der Waals surface area contributed by atoms with Crippen molar-refractivity contribution in [2.45, 2.75) is 6.92 Å². The smallest absolute Gasteiger partial charge is 0.313 e. The molecule has 0 unspecified atom stereocenters. The fraction of sp³-hybridized carbons (Fsp3) is 0.250. The van der Waals surface area contributed by atoms with Gasteiger partial charge in [-0.2, -0.15) is 0 Å². The van der Waals surface area contributed by atoms with Crippen LogP contribution >= 0.6 is 0 Å². The van der Waals surface area contributed by atoms with Gasteiger partial charge < -0.3 is 19.4 Å². The molecule has 0 bridgehead atoms. The minimum atomic E-state index is -0.429. The maximum atomic E-state index is 12.6. The topological polar surface area (TPSA) is 80.5 Å². The van der Waals surface area contributed by atoms with Crippen LogP contribution in [0.4, 0.5) is 11.4 Å². The lowest BCUT2D eigenvalue weighted by Gasteiger charge is -2.30. The number of ether oxygens (including phenoxy) is 1. The minimum Gasteiger partial charge on any atom is -0.412 e. The zero-order valence-corrected chi connectivity index (χ0v) is 15.0. The summed E-state index contributed by atoms with van der Waals surface area (Å²) in [5.74, 6) is -0.175. The molecule has 1 aliphatic rings. The first-order valence-corrected chi connectivity index (χ1v) is 8.84. The Labute approximate surface area is 157 Å². The van der Waals surface area contributed by atoms with Crippen molar-refractivity contribution in [3.8, 4) is 11.5 Å². The molecule has 0 aliphatic carbocycles. The lowest BCUT2D eigenvalue weighted by atomic mass is 10.1. The third kappa shape index (κ3) is 3.83. The number of aromatic nitrogens is 2. The number of hydrogen-bond acceptors (Lipinski definition) is 6. The van der Waals surface area contributed by atoms with Crippen molar-refractivity contribution in [2.24, 2.45) is 0 Å². The van der Waals surface area contributed by atoms with Crippen LogP contribution in [0.15, 0.2) is 52.9 Å². The molecule has 1 fully saturated rings. The van der Waals surface area contributed by atoms with Crippen LogP contribution in [0.3, 0.4) is 0 Å². The first-order valence-electron chi connectivity index (χ1n) is 8.84. The van der Waals surface area contributed by atoms with Gasteiger partial charge in [-0.05, 0) is 31.2 Å². The highest BCUT2D eigenvalue weighted by molar-refractivity contribution is 6.03. The van der Waals surface area contributed by atoms with Crippen molar-refractivity contribution >= 4 is 17.3 Å². The highest BCUT2D eigenvalue weighted by atomic mass is 16.5. The summed E-state index contributed by atoms with van der Waals surface area (Å²) in [6.45, 7) is 4.91. The molecule has 2 heterocycles. The van der Waals surface area contributed by atoms with E-state index in [0.29, 0.717) is 24.8 Å². The van der Waals surface area contributed by atoms with Gasteiger partial charge in [0.25, 0.3) is 0 Å². The maximum Gasteiger partial charge on any atom is 0.313 e. The van der Waals surface area contributed by atoms with E-state index in [1.165, 1.54) is 0 Å². The third-order valence-corrected chi connectivity index (χ3v) is 4.42. The van der Waals surface area contributed by atoms with Crippen LogP contribution in [0, 0.1) is 6.92 Å². The number of hydrogen-bond donors (Lipinski definition) is 1. The van der Waals surface area contributed by atoms with Crippen LogP contribution in [0.25, 0.3) is 11.5 Å². The van der Waals surface area contributed by atoms with Gasteiger partial charge in [-0.3, -0.25) is 4.79 Å². The second kappa shape index (κ2) is 7.59. The zero-order chi connectivity index (χ0) is 18.6. The van der Waals surface area contributed by atoms with Gasteiger partial charge in [-0.25, -0.2) is 0 Å². The Hall–Kier alpha value is -3.19. The van der Waals surface area contributed by atoms with E-state index in [1.54, 1.807) is 0 Å². The predicted octanol–water partition coefficient (Wildman–Crippen LogP) is 3.13. The Bertz CT molecular complexity index is 930. The minimum absolute atomic E-state index is 0.0673. The third-order valence-electron chi connectivity index (χ3n) is 4.42. The number of aryl methyl sites for hydroxylation is 1. The molecule has 1 amide bonds. The van der Waals surface area contributed by atoms with E-state index in [2.05, 4.69) is 20.4 Å². The molecule has 1 aliphatic heterocycles. The van der Waals surface area contributed by atoms with E-state index in [9.17, 15) is 4.79 Å². The molecule has 1 aromatic heterocycles. The summed E-state index contributed by atoms with van der Waals surface area (Å²) in [7, 11) is 0. The van der Waals surface area contributed by atoms with E-state index in [0.717, 1.165) is 29.9 Å². The number of benzene rings is 2. The first kappa shape index (κ1) is 17.2. The molecular weight excluding hydrogens is 344 g/mol. The largest absolute Gasteiger partial charge is 0.412 e. The molecule has 0 spiro atoms. The molecule has 1 saturated heterocycles. The summed E-state index contributed by atoms with van der Waals surface area (Å²) in [6.07, 6.45) is 0. The van der Waals surface area contributed by atoms with Crippen molar-refractivity contribution in [1.29, 1.82) is 0 Å². The van der Waals surface area contributed by atoms with Gasteiger partial charge >= 0.3 is 11.8 Å². The van der Waals surface area contributed by atoms with Crippen LogP contribution in [-0.4, -0.2) is 42.4 Å². The average Bonchev–Trinajstić information content (AvgIpc) is 3.20. The molecular formula is C20H20N4O3. The number of nitrogens with zero attached hydrogens (tertiary/aromatic N) is 3. The van der Waals surface area contributed by atoms with Crippen molar-refractivity contribution in [1.82, 2.24) is 10.2 Å².